The highest BCUT2D eigenvalue weighted by atomic mass is 19.2. The smallest absolute Gasteiger partial charge is 0.200 e. The first-order chi connectivity index (χ1) is 16.2. The molecular weight excluding hydrogens is 440 g/mol. The van der Waals surface area contributed by atoms with Crippen molar-refractivity contribution in [3.05, 3.63) is 95.3 Å². The second kappa shape index (κ2) is 11.5. The van der Waals surface area contributed by atoms with Gasteiger partial charge in [0.2, 0.25) is 0 Å². The monoisotopic (exact) mass is 472 g/mol. The second-order valence-corrected chi connectivity index (χ2v) is 9.04. The minimum absolute atomic E-state index is 0.0513. The van der Waals surface area contributed by atoms with Crippen molar-refractivity contribution in [2.24, 2.45) is 5.92 Å². The molecule has 2 aromatic rings. The van der Waals surface area contributed by atoms with Crippen LogP contribution in [0.15, 0.2) is 72.5 Å². The van der Waals surface area contributed by atoms with Crippen molar-refractivity contribution in [3.8, 4) is 11.1 Å². The van der Waals surface area contributed by atoms with E-state index in [0.29, 0.717) is 29.9 Å². The predicted molar refractivity (Wildman–Crippen MR) is 130 cm³/mol. The number of allylic oxidation sites excluding steroid dienone is 3. The summed E-state index contributed by atoms with van der Waals surface area (Å²) in [4.78, 5) is 0. The van der Waals surface area contributed by atoms with Gasteiger partial charge >= 0.3 is 0 Å². The van der Waals surface area contributed by atoms with Crippen molar-refractivity contribution >= 4 is 0 Å². The van der Waals surface area contributed by atoms with Gasteiger partial charge in [0.05, 0.1) is 6.61 Å². The Labute approximate surface area is 199 Å². The van der Waals surface area contributed by atoms with Crippen LogP contribution in [0, 0.1) is 24.5 Å². The fraction of sp³-hybridized carbons (Fsp3) is 0.379. The molecule has 1 saturated carbocycles. The first-order valence-corrected chi connectivity index (χ1v) is 11.8. The zero-order valence-corrected chi connectivity index (χ0v) is 19.9. The quantitative estimate of drug-likeness (QED) is 0.201. The number of rotatable bonds is 9. The van der Waals surface area contributed by atoms with Crippen LogP contribution in [0.3, 0.4) is 0 Å². The molecule has 1 aliphatic rings. The van der Waals surface area contributed by atoms with Crippen LogP contribution in [0.2, 0.25) is 0 Å². The predicted octanol–water partition coefficient (Wildman–Crippen LogP) is 9.25. The van der Waals surface area contributed by atoms with Crippen molar-refractivity contribution in [3.63, 3.8) is 0 Å². The second-order valence-electron chi connectivity index (χ2n) is 9.04. The molecule has 0 radical (unpaired) electrons. The van der Waals surface area contributed by atoms with Crippen LogP contribution in [-0.2, 0) is 4.74 Å². The third-order valence-electron chi connectivity index (χ3n) is 6.68. The highest BCUT2D eigenvalue weighted by Gasteiger charge is 2.27. The largest absolute Gasteiger partial charge is 0.491 e. The third-order valence-corrected chi connectivity index (χ3v) is 6.68. The van der Waals surface area contributed by atoms with E-state index in [0.717, 1.165) is 31.2 Å². The van der Waals surface area contributed by atoms with Crippen molar-refractivity contribution in [1.82, 2.24) is 0 Å². The van der Waals surface area contributed by atoms with E-state index < -0.39 is 23.3 Å². The lowest BCUT2D eigenvalue weighted by atomic mass is 9.76. The number of hydrogen-bond acceptors (Lipinski definition) is 1. The summed E-state index contributed by atoms with van der Waals surface area (Å²) in [7, 11) is 0. The molecule has 34 heavy (non-hydrogen) atoms. The Balaban J connectivity index is 1.58. The average Bonchev–Trinajstić information content (AvgIpc) is 2.84. The zero-order chi connectivity index (χ0) is 24.8. The van der Waals surface area contributed by atoms with Crippen molar-refractivity contribution in [2.45, 2.75) is 58.3 Å². The van der Waals surface area contributed by atoms with Gasteiger partial charge in [-0.15, -0.1) is 0 Å². The number of ether oxygens (including phenoxy) is 1. The summed E-state index contributed by atoms with van der Waals surface area (Å²) in [5, 5.41) is 0. The van der Waals surface area contributed by atoms with Gasteiger partial charge in [-0.3, -0.25) is 0 Å². The molecule has 0 saturated heterocycles. The lowest BCUT2D eigenvalue weighted by Crippen LogP contribution is -2.15. The molecule has 0 bridgehead atoms. The van der Waals surface area contributed by atoms with E-state index in [4.69, 9.17) is 4.74 Å². The first kappa shape index (κ1) is 25.8. The lowest BCUT2D eigenvalue weighted by Gasteiger charge is -2.29. The number of benzene rings is 2. The summed E-state index contributed by atoms with van der Waals surface area (Å²) in [6.45, 7) is 10.9. The van der Waals surface area contributed by atoms with Crippen molar-refractivity contribution in [2.75, 3.05) is 6.61 Å². The summed E-state index contributed by atoms with van der Waals surface area (Å²) >= 11 is 0. The summed E-state index contributed by atoms with van der Waals surface area (Å²) in [6, 6.07) is 10.7. The van der Waals surface area contributed by atoms with Gasteiger partial charge in [-0.05, 0) is 80.9 Å². The highest BCUT2D eigenvalue weighted by Crippen LogP contribution is 2.41. The molecule has 0 aromatic heterocycles. The van der Waals surface area contributed by atoms with Crippen LogP contribution >= 0.6 is 0 Å². The normalized spacial score (nSPS) is 18.9. The molecule has 0 heterocycles. The Morgan fingerprint density at radius 2 is 1.56 bits per heavy atom. The molecule has 0 spiro atoms. The molecule has 3 rings (SSSR count). The molecule has 0 amide bonds. The maximum atomic E-state index is 15.0. The van der Waals surface area contributed by atoms with Gasteiger partial charge in [0.1, 0.15) is 0 Å². The summed E-state index contributed by atoms with van der Waals surface area (Å²) in [5.74, 6) is -3.78. The average molecular weight is 473 g/mol. The summed E-state index contributed by atoms with van der Waals surface area (Å²) < 4.78 is 63.0. The van der Waals surface area contributed by atoms with Gasteiger partial charge in [0.15, 0.2) is 29.0 Å². The van der Waals surface area contributed by atoms with Gasteiger partial charge in [-0.2, -0.15) is 4.39 Å². The van der Waals surface area contributed by atoms with Crippen LogP contribution < -0.4 is 0 Å². The van der Waals surface area contributed by atoms with E-state index in [1.165, 1.54) is 0 Å². The maximum absolute atomic E-state index is 15.0. The fourth-order valence-corrected chi connectivity index (χ4v) is 4.60. The van der Waals surface area contributed by atoms with Gasteiger partial charge in [0.25, 0.3) is 0 Å². The van der Waals surface area contributed by atoms with E-state index in [2.05, 4.69) is 13.2 Å². The molecule has 1 fully saturated rings. The van der Waals surface area contributed by atoms with Crippen molar-refractivity contribution in [1.29, 1.82) is 0 Å². The SMILES string of the molecule is C=C(CCC1CCC(c2ccc(-c3ccc(C)cc3)c(F)c2F)CC1)/C(F)=C(/F)C(=C)OCC. The molecule has 0 unspecified atom stereocenters. The Morgan fingerprint density at radius 3 is 2.18 bits per heavy atom. The minimum Gasteiger partial charge on any atom is -0.491 e. The molecule has 1 nitrogen and oxygen atoms in total. The molecular formula is C29H32F4O. The van der Waals surface area contributed by atoms with Gasteiger partial charge in [-0.25, -0.2) is 13.2 Å². The van der Waals surface area contributed by atoms with E-state index >= 15 is 0 Å². The van der Waals surface area contributed by atoms with Crippen LogP contribution in [0.4, 0.5) is 17.6 Å². The zero-order valence-electron chi connectivity index (χ0n) is 19.9. The Bertz CT molecular complexity index is 1060. The van der Waals surface area contributed by atoms with Crippen LogP contribution in [0.1, 0.15) is 62.5 Å². The number of hydrogen-bond donors (Lipinski definition) is 0. The Kier molecular flexibility index (Phi) is 8.76. The molecule has 182 valence electrons. The molecule has 0 N–H and O–H groups in total. The Hall–Kier alpha value is -2.82. The van der Waals surface area contributed by atoms with Gasteiger partial charge in [0, 0.05) is 5.56 Å². The molecule has 0 aliphatic heterocycles. The molecule has 0 atom stereocenters. The molecule has 5 heteroatoms. The number of aryl methyl sites for hydroxylation is 1. The summed E-state index contributed by atoms with van der Waals surface area (Å²) in [6.07, 6.45) is 4.07. The van der Waals surface area contributed by atoms with E-state index in [1.54, 1.807) is 31.2 Å². The number of halogens is 4. The van der Waals surface area contributed by atoms with Gasteiger partial charge < -0.3 is 4.74 Å². The van der Waals surface area contributed by atoms with Crippen LogP contribution in [-0.4, -0.2) is 6.61 Å². The third kappa shape index (κ3) is 5.99. The van der Waals surface area contributed by atoms with E-state index in [9.17, 15) is 17.6 Å². The standard InChI is InChI=1S/C29H32F4O/c1-5-34-20(4)27(31)26(30)19(3)8-9-21-10-14-23(15-11-21)25-17-16-24(28(32)29(25)33)22-12-6-18(2)7-13-22/h6-7,12-13,16-17,21,23H,3-5,8-11,14-15H2,1-2H3/b27-26-. The van der Waals surface area contributed by atoms with Crippen LogP contribution in [0.25, 0.3) is 11.1 Å². The fourth-order valence-electron chi connectivity index (χ4n) is 4.60. The van der Waals surface area contributed by atoms with Crippen LogP contribution in [0.5, 0.6) is 0 Å². The topological polar surface area (TPSA) is 9.23 Å². The first-order valence-electron chi connectivity index (χ1n) is 11.8. The minimum atomic E-state index is -1.11. The summed E-state index contributed by atoms with van der Waals surface area (Å²) in [5.41, 5.74) is 2.48. The van der Waals surface area contributed by atoms with Gasteiger partial charge in [-0.1, -0.05) is 55.1 Å². The lowest BCUT2D eigenvalue weighted by molar-refractivity contribution is 0.224. The van der Waals surface area contributed by atoms with E-state index in [-0.39, 0.29) is 29.4 Å². The highest BCUT2D eigenvalue weighted by molar-refractivity contribution is 5.65. The maximum Gasteiger partial charge on any atom is 0.200 e. The van der Waals surface area contributed by atoms with E-state index in [1.807, 2.05) is 19.1 Å². The molecule has 2 aromatic carbocycles. The molecule has 1 aliphatic carbocycles. The Morgan fingerprint density at radius 1 is 0.912 bits per heavy atom. The van der Waals surface area contributed by atoms with Crippen molar-refractivity contribution < 1.29 is 22.3 Å².